The van der Waals surface area contributed by atoms with Gasteiger partial charge in [0.05, 0.1) is 0 Å². The average molecular weight is 228 g/mol. The Hall–Kier alpha value is 0.584. The molecule has 0 spiro atoms. The molecule has 0 aromatic carbocycles. The second-order valence-electron chi connectivity index (χ2n) is 2.51. The molecule has 0 atom stereocenters. The maximum atomic E-state index is 3.75. The summed E-state index contributed by atoms with van der Waals surface area (Å²) in [6, 6.07) is 0. The summed E-state index contributed by atoms with van der Waals surface area (Å²) in [5.74, 6) is 0.553. The Morgan fingerprint density at radius 3 is 1.64 bits per heavy atom. The molecule has 0 aliphatic heterocycles. The van der Waals surface area contributed by atoms with Crippen LogP contribution in [0.5, 0.6) is 0 Å². The minimum Gasteiger partial charge on any atom is -0.378 e. The Morgan fingerprint density at radius 1 is 1.36 bits per heavy atom. The van der Waals surface area contributed by atoms with Crippen molar-refractivity contribution in [3.63, 3.8) is 0 Å². The molecule has 62 valence electrons. The third-order valence-corrected chi connectivity index (χ3v) is 1.00. The van der Waals surface area contributed by atoms with E-state index in [1.807, 2.05) is 20.3 Å². The van der Waals surface area contributed by atoms with Crippen LogP contribution in [0.25, 0.3) is 0 Å². The standard InChI is InChI=1S/C7H12.C3H7.Y/c1-5-7(4)6(2)3;1-3-2;/h5-6H,1,4H2,2-3H3;3H,1-2H3;/q-2;-1;+3/b7-5+;;. The quantitative estimate of drug-likeness (QED) is 0.603. The first-order valence-corrected chi connectivity index (χ1v) is 3.65. The third kappa shape index (κ3) is 18.0. The van der Waals surface area contributed by atoms with E-state index in [2.05, 4.69) is 27.7 Å². The first-order valence-electron chi connectivity index (χ1n) is 3.65. The van der Waals surface area contributed by atoms with Crippen molar-refractivity contribution in [2.45, 2.75) is 27.7 Å². The van der Waals surface area contributed by atoms with Gasteiger partial charge in [-0.1, -0.05) is 13.8 Å². The summed E-state index contributed by atoms with van der Waals surface area (Å²) in [6.07, 6.45) is 3.80. The Kier molecular flexibility index (Phi) is 21.1. The summed E-state index contributed by atoms with van der Waals surface area (Å²) in [6.45, 7) is 15.5. The zero-order valence-corrected chi connectivity index (χ0v) is 11.1. The van der Waals surface area contributed by atoms with Gasteiger partial charge in [0, 0.05) is 0 Å². The van der Waals surface area contributed by atoms with Crippen molar-refractivity contribution in [2.75, 3.05) is 0 Å². The van der Waals surface area contributed by atoms with Gasteiger partial charge in [-0.2, -0.15) is 13.8 Å². The molecule has 0 N–H and O–H groups in total. The van der Waals surface area contributed by atoms with Crippen molar-refractivity contribution in [1.29, 1.82) is 0 Å². The van der Waals surface area contributed by atoms with Crippen molar-refractivity contribution in [3.05, 3.63) is 31.9 Å². The fraction of sp³-hybridized carbons (Fsp3) is 0.500. The molecule has 0 aliphatic carbocycles. The molecule has 0 saturated heterocycles. The molecule has 0 unspecified atom stereocenters. The van der Waals surface area contributed by atoms with Gasteiger partial charge in [-0.3, -0.25) is 0 Å². The van der Waals surface area contributed by atoms with E-state index in [1.54, 1.807) is 6.08 Å². The summed E-state index contributed by atoms with van der Waals surface area (Å²) in [7, 11) is 0. The van der Waals surface area contributed by atoms with Crippen LogP contribution in [0.3, 0.4) is 0 Å². The minimum atomic E-state index is 0. The number of hydrogen-bond donors (Lipinski definition) is 0. The van der Waals surface area contributed by atoms with Crippen LogP contribution in [-0.2, 0) is 32.7 Å². The van der Waals surface area contributed by atoms with E-state index in [0.29, 0.717) is 5.92 Å². The molecule has 0 nitrogen and oxygen atoms in total. The van der Waals surface area contributed by atoms with E-state index in [4.69, 9.17) is 0 Å². The van der Waals surface area contributed by atoms with Gasteiger partial charge in [-0.15, -0.1) is 5.92 Å². The van der Waals surface area contributed by atoms with Crippen LogP contribution < -0.4 is 0 Å². The van der Waals surface area contributed by atoms with Gasteiger partial charge in [-0.25, -0.2) is 0 Å². The van der Waals surface area contributed by atoms with E-state index >= 15 is 0 Å². The summed E-state index contributed by atoms with van der Waals surface area (Å²) < 4.78 is 0. The number of allylic oxidation sites excluding steroid dienone is 2. The molecule has 0 bridgehead atoms. The predicted molar refractivity (Wildman–Crippen MR) is 49.3 cm³/mol. The molecule has 0 aliphatic rings. The zero-order valence-electron chi connectivity index (χ0n) is 8.22. The van der Waals surface area contributed by atoms with E-state index < -0.39 is 0 Å². The van der Waals surface area contributed by atoms with Crippen LogP contribution in [-0.4, -0.2) is 0 Å². The van der Waals surface area contributed by atoms with Crippen LogP contribution in [0.1, 0.15) is 27.7 Å². The molecule has 1 heteroatoms. The van der Waals surface area contributed by atoms with Gasteiger partial charge >= 0.3 is 32.7 Å². The molecule has 0 fully saturated rings. The molecular weight excluding hydrogens is 209 g/mol. The molecule has 0 rings (SSSR count). The van der Waals surface area contributed by atoms with Gasteiger partial charge in [0.2, 0.25) is 0 Å². The third-order valence-electron chi connectivity index (χ3n) is 1.00. The Labute approximate surface area is 97.7 Å². The average Bonchev–Trinajstić information content (AvgIpc) is 1.88. The largest absolute Gasteiger partial charge is 3.00 e. The SMILES string of the molecule is C[CH-]C.[CH2-]/C=C(\[CH2-])C(C)C.[Y+3]. The van der Waals surface area contributed by atoms with Crippen molar-refractivity contribution in [1.82, 2.24) is 0 Å². The summed E-state index contributed by atoms with van der Waals surface area (Å²) in [5, 5.41) is 0. The summed E-state index contributed by atoms with van der Waals surface area (Å²) in [4.78, 5) is 0. The summed E-state index contributed by atoms with van der Waals surface area (Å²) in [5.41, 5.74) is 1.11. The molecule has 0 radical (unpaired) electrons. The summed E-state index contributed by atoms with van der Waals surface area (Å²) >= 11 is 0. The van der Waals surface area contributed by atoms with E-state index in [9.17, 15) is 0 Å². The molecule has 0 saturated carbocycles. The Bertz CT molecular complexity index is 82.9. The second-order valence-corrected chi connectivity index (χ2v) is 2.51. The minimum absolute atomic E-state index is 0. The van der Waals surface area contributed by atoms with Crippen molar-refractivity contribution in [2.24, 2.45) is 5.92 Å². The zero-order chi connectivity index (χ0) is 8.57. The van der Waals surface area contributed by atoms with Crippen LogP contribution >= 0.6 is 0 Å². The van der Waals surface area contributed by atoms with Crippen molar-refractivity contribution < 1.29 is 32.7 Å². The first kappa shape index (κ1) is 17.6. The first-order chi connectivity index (χ1) is 4.59. The smallest absolute Gasteiger partial charge is 0.378 e. The normalized spacial score (nSPS) is 9.73. The maximum Gasteiger partial charge on any atom is 3.00 e. The van der Waals surface area contributed by atoms with E-state index in [-0.39, 0.29) is 32.7 Å². The fourth-order valence-electron chi connectivity index (χ4n) is 0.236. The second kappa shape index (κ2) is 13.2. The van der Waals surface area contributed by atoms with Crippen LogP contribution in [0, 0.1) is 26.2 Å². The predicted octanol–water partition coefficient (Wildman–Crippen LogP) is 3.46. The van der Waals surface area contributed by atoms with E-state index in [1.165, 1.54) is 0 Å². The molecule has 0 amide bonds. The number of hydrogen-bond acceptors (Lipinski definition) is 0. The molecule has 0 aromatic rings. The monoisotopic (exact) mass is 228 g/mol. The van der Waals surface area contributed by atoms with Crippen LogP contribution in [0.2, 0.25) is 0 Å². The Morgan fingerprint density at radius 2 is 1.64 bits per heavy atom. The van der Waals surface area contributed by atoms with Crippen LogP contribution in [0.15, 0.2) is 11.6 Å². The van der Waals surface area contributed by atoms with Gasteiger partial charge < -0.3 is 31.9 Å². The molecule has 0 aromatic heterocycles. The Balaban J connectivity index is -0.000000140. The van der Waals surface area contributed by atoms with Gasteiger partial charge in [0.15, 0.2) is 0 Å². The van der Waals surface area contributed by atoms with E-state index in [0.717, 1.165) is 5.57 Å². The molecule has 0 heterocycles. The van der Waals surface area contributed by atoms with Crippen molar-refractivity contribution in [3.8, 4) is 0 Å². The number of rotatable bonds is 1. The van der Waals surface area contributed by atoms with Gasteiger partial charge in [0.1, 0.15) is 0 Å². The maximum absolute atomic E-state index is 3.75. The topological polar surface area (TPSA) is 0 Å². The van der Waals surface area contributed by atoms with Crippen molar-refractivity contribution >= 4 is 0 Å². The van der Waals surface area contributed by atoms with Gasteiger partial charge in [0.25, 0.3) is 0 Å². The molecular formula is C10H19Y. The van der Waals surface area contributed by atoms with Gasteiger partial charge in [-0.05, 0) is 0 Å². The van der Waals surface area contributed by atoms with Crippen LogP contribution in [0.4, 0.5) is 0 Å². The molecule has 11 heavy (non-hydrogen) atoms. The fourth-order valence-corrected chi connectivity index (χ4v) is 0.236.